The van der Waals surface area contributed by atoms with Gasteiger partial charge in [0.1, 0.15) is 5.82 Å². The molecule has 120 valence electrons. The van der Waals surface area contributed by atoms with Crippen LogP contribution in [0.15, 0.2) is 42.5 Å². The molecular formula is C16H12Cl2FNO3. The number of halogens is 3. The Morgan fingerprint density at radius 3 is 2.43 bits per heavy atom. The molecule has 0 atom stereocenters. The van der Waals surface area contributed by atoms with Crippen LogP contribution in [0.2, 0.25) is 10.0 Å². The second-order valence-corrected chi connectivity index (χ2v) is 5.45. The monoisotopic (exact) mass is 355 g/mol. The third-order valence-corrected chi connectivity index (χ3v) is 3.43. The van der Waals surface area contributed by atoms with Crippen LogP contribution >= 0.6 is 23.2 Å². The first-order valence-electron chi connectivity index (χ1n) is 6.59. The van der Waals surface area contributed by atoms with E-state index in [2.05, 4.69) is 5.32 Å². The molecule has 0 heterocycles. The third-order valence-electron chi connectivity index (χ3n) is 2.89. The summed E-state index contributed by atoms with van der Waals surface area (Å²) in [5.41, 5.74) is 0.932. The summed E-state index contributed by atoms with van der Waals surface area (Å²) in [6.45, 7) is -0.270. The van der Waals surface area contributed by atoms with Crippen LogP contribution in [-0.4, -0.2) is 18.5 Å². The first kappa shape index (κ1) is 17.2. The molecule has 23 heavy (non-hydrogen) atoms. The van der Waals surface area contributed by atoms with Crippen LogP contribution in [0, 0.1) is 5.82 Å². The van der Waals surface area contributed by atoms with E-state index in [0.717, 1.165) is 0 Å². The van der Waals surface area contributed by atoms with Crippen LogP contribution in [0.5, 0.6) is 0 Å². The van der Waals surface area contributed by atoms with Crippen molar-refractivity contribution in [2.75, 3.05) is 6.61 Å². The van der Waals surface area contributed by atoms with Crippen molar-refractivity contribution < 1.29 is 18.7 Å². The Kier molecular flexibility index (Phi) is 5.96. The first-order valence-corrected chi connectivity index (χ1v) is 7.34. The minimum absolute atomic E-state index is 0.0223. The molecule has 1 amide bonds. The Morgan fingerprint density at radius 2 is 1.78 bits per heavy atom. The molecule has 2 aromatic carbocycles. The number of ether oxygens (including phenoxy) is 1. The number of nitrogens with one attached hydrogen (secondary N) is 1. The van der Waals surface area contributed by atoms with E-state index in [1.807, 2.05) is 0 Å². The summed E-state index contributed by atoms with van der Waals surface area (Å²) < 4.78 is 17.9. The lowest BCUT2D eigenvalue weighted by Crippen LogP contribution is -2.28. The lowest BCUT2D eigenvalue weighted by molar-refractivity contribution is -0.124. The van der Waals surface area contributed by atoms with Gasteiger partial charge in [-0.2, -0.15) is 0 Å². The van der Waals surface area contributed by atoms with Crippen molar-refractivity contribution in [3.8, 4) is 0 Å². The first-order chi connectivity index (χ1) is 11.0. The van der Waals surface area contributed by atoms with E-state index in [-0.39, 0.29) is 11.6 Å². The second kappa shape index (κ2) is 7.94. The summed E-state index contributed by atoms with van der Waals surface area (Å²) in [6, 6.07) is 10.2. The number of carbonyl (C=O) groups is 2. The fourth-order valence-corrected chi connectivity index (χ4v) is 2.03. The van der Waals surface area contributed by atoms with Crippen molar-refractivity contribution in [1.82, 2.24) is 5.32 Å². The fourth-order valence-electron chi connectivity index (χ4n) is 1.70. The maximum absolute atomic E-state index is 13.0. The number of hydrogen-bond acceptors (Lipinski definition) is 3. The number of esters is 1. The summed E-state index contributed by atoms with van der Waals surface area (Å²) in [7, 11) is 0. The van der Waals surface area contributed by atoms with E-state index >= 15 is 0 Å². The molecule has 2 rings (SSSR count). The molecular weight excluding hydrogens is 344 g/mol. The maximum Gasteiger partial charge on any atom is 0.338 e. The summed E-state index contributed by atoms with van der Waals surface area (Å²) in [5.74, 6) is -1.63. The normalized spacial score (nSPS) is 10.2. The molecule has 2 aromatic rings. The lowest BCUT2D eigenvalue weighted by Gasteiger charge is -2.07. The topological polar surface area (TPSA) is 55.4 Å². The maximum atomic E-state index is 13.0. The molecule has 0 aliphatic carbocycles. The highest BCUT2D eigenvalue weighted by Crippen LogP contribution is 2.15. The highest BCUT2D eigenvalue weighted by Gasteiger charge is 2.10. The van der Waals surface area contributed by atoms with Crippen LogP contribution in [0.3, 0.4) is 0 Å². The van der Waals surface area contributed by atoms with Gasteiger partial charge in [-0.15, -0.1) is 0 Å². The standard InChI is InChI=1S/C16H12Cl2FNO3/c17-12-4-2-11(3-5-12)16(22)23-9-15(21)20-8-10-1-6-14(19)13(18)7-10/h1-7H,8-9H2,(H,20,21). The highest BCUT2D eigenvalue weighted by atomic mass is 35.5. The fraction of sp³-hybridized carbons (Fsp3) is 0.125. The zero-order chi connectivity index (χ0) is 16.8. The van der Waals surface area contributed by atoms with Crippen LogP contribution < -0.4 is 5.32 Å². The number of amides is 1. The van der Waals surface area contributed by atoms with Gasteiger partial charge in [0, 0.05) is 11.6 Å². The number of rotatable bonds is 5. The molecule has 0 saturated heterocycles. The van der Waals surface area contributed by atoms with E-state index < -0.39 is 24.3 Å². The van der Waals surface area contributed by atoms with Crippen LogP contribution in [0.1, 0.15) is 15.9 Å². The van der Waals surface area contributed by atoms with Crippen LogP contribution in [-0.2, 0) is 16.1 Å². The lowest BCUT2D eigenvalue weighted by atomic mass is 10.2. The molecule has 0 radical (unpaired) electrons. The molecule has 0 fully saturated rings. The third kappa shape index (κ3) is 5.23. The zero-order valence-electron chi connectivity index (χ0n) is 11.8. The minimum Gasteiger partial charge on any atom is -0.452 e. The molecule has 4 nitrogen and oxygen atoms in total. The van der Waals surface area contributed by atoms with Crippen molar-refractivity contribution >= 4 is 35.1 Å². The Labute approximate surface area is 142 Å². The molecule has 0 unspecified atom stereocenters. The van der Waals surface area contributed by atoms with Crippen LogP contribution in [0.25, 0.3) is 0 Å². The van der Waals surface area contributed by atoms with Crippen molar-refractivity contribution in [2.45, 2.75) is 6.54 Å². The summed E-state index contributed by atoms with van der Waals surface area (Å²) in [6.07, 6.45) is 0. The average Bonchev–Trinajstić information content (AvgIpc) is 2.54. The Morgan fingerprint density at radius 1 is 1.09 bits per heavy atom. The molecule has 0 bridgehead atoms. The van der Waals surface area contributed by atoms with Gasteiger partial charge < -0.3 is 10.1 Å². The number of carbonyl (C=O) groups excluding carboxylic acids is 2. The SMILES string of the molecule is O=C(COC(=O)c1ccc(Cl)cc1)NCc1ccc(F)c(Cl)c1. The highest BCUT2D eigenvalue weighted by molar-refractivity contribution is 6.31. The van der Waals surface area contributed by atoms with Gasteiger partial charge >= 0.3 is 5.97 Å². The van der Waals surface area contributed by atoms with E-state index in [4.69, 9.17) is 27.9 Å². The van der Waals surface area contributed by atoms with Crippen molar-refractivity contribution in [3.63, 3.8) is 0 Å². The summed E-state index contributed by atoms with van der Waals surface area (Å²) >= 11 is 11.4. The molecule has 0 aliphatic heterocycles. The van der Waals surface area contributed by atoms with E-state index in [1.165, 1.54) is 30.3 Å². The number of hydrogen-bond donors (Lipinski definition) is 1. The predicted octanol–water partition coefficient (Wildman–Crippen LogP) is 3.61. The number of benzene rings is 2. The smallest absolute Gasteiger partial charge is 0.338 e. The predicted molar refractivity (Wildman–Crippen MR) is 85.0 cm³/mol. The van der Waals surface area contributed by atoms with Gasteiger partial charge in [0.2, 0.25) is 0 Å². The van der Waals surface area contributed by atoms with Gasteiger partial charge in [-0.25, -0.2) is 9.18 Å². The van der Waals surface area contributed by atoms with Gasteiger partial charge in [-0.1, -0.05) is 29.3 Å². The van der Waals surface area contributed by atoms with Crippen molar-refractivity contribution in [2.24, 2.45) is 0 Å². The summed E-state index contributed by atoms with van der Waals surface area (Å²) in [5, 5.41) is 3.02. The van der Waals surface area contributed by atoms with Gasteiger partial charge in [0.25, 0.3) is 5.91 Å². The summed E-state index contributed by atoms with van der Waals surface area (Å²) in [4.78, 5) is 23.4. The molecule has 0 spiro atoms. The molecule has 7 heteroatoms. The van der Waals surface area contributed by atoms with Gasteiger partial charge in [-0.3, -0.25) is 4.79 Å². The van der Waals surface area contributed by atoms with Crippen molar-refractivity contribution in [1.29, 1.82) is 0 Å². The zero-order valence-corrected chi connectivity index (χ0v) is 13.3. The molecule has 0 saturated carbocycles. The largest absolute Gasteiger partial charge is 0.452 e. The van der Waals surface area contributed by atoms with E-state index in [1.54, 1.807) is 12.1 Å². The molecule has 0 aliphatic rings. The Hall–Kier alpha value is -2.11. The Balaban J connectivity index is 1.79. The van der Waals surface area contributed by atoms with E-state index in [0.29, 0.717) is 16.1 Å². The van der Waals surface area contributed by atoms with Gasteiger partial charge in [-0.05, 0) is 42.0 Å². The van der Waals surface area contributed by atoms with Crippen LogP contribution in [0.4, 0.5) is 4.39 Å². The molecule has 1 N–H and O–H groups in total. The Bertz CT molecular complexity index is 720. The second-order valence-electron chi connectivity index (χ2n) is 4.61. The van der Waals surface area contributed by atoms with Crippen molar-refractivity contribution in [3.05, 3.63) is 69.5 Å². The average molecular weight is 356 g/mol. The minimum atomic E-state index is -0.623. The quantitative estimate of drug-likeness (QED) is 0.833. The van der Waals surface area contributed by atoms with E-state index in [9.17, 15) is 14.0 Å². The van der Waals surface area contributed by atoms with Gasteiger partial charge in [0.05, 0.1) is 10.6 Å². The molecule has 0 aromatic heterocycles. The van der Waals surface area contributed by atoms with Gasteiger partial charge in [0.15, 0.2) is 6.61 Å².